The lowest BCUT2D eigenvalue weighted by Gasteiger charge is -2.10. The summed E-state index contributed by atoms with van der Waals surface area (Å²) in [5, 5.41) is -0.192. The van der Waals surface area contributed by atoms with Gasteiger partial charge >= 0.3 is 6.18 Å². The maximum Gasteiger partial charge on any atom is 0.416 e. The monoisotopic (exact) mass is 272 g/mol. The summed E-state index contributed by atoms with van der Waals surface area (Å²) in [7, 11) is 0. The molecule has 0 aliphatic rings. The molecule has 0 N–H and O–H groups in total. The second-order valence-corrected chi connectivity index (χ2v) is 4.14. The van der Waals surface area contributed by atoms with Crippen LogP contribution >= 0.6 is 11.6 Å². The van der Waals surface area contributed by atoms with Crippen LogP contribution in [0, 0.1) is 6.92 Å². The Hall–Kier alpha value is -1.62. The lowest BCUT2D eigenvalue weighted by Crippen LogP contribution is -2.06. The van der Waals surface area contributed by atoms with Crippen LogP contribution in [0.3, 0.4) is 0 Å². The van der Waals surface area contributed by atoms with Crippen molar-refractivity contribution in [1.82, 2.24) is 9.97 Å². The van der Waals surface area contributed by atoms with Gasteiger partial charge in [0.25, 0.3) is 0 Å². The van der Waals surface area contributed by atoms with E-state index in [4.69, 9.17) is 11.6 Å². The summed E-state index contributed by atoms with van der Waals surface area (Å²) >= 11 is 5.63. The molecule has 2 aromatic heterocycles. The Morgan fingerprint density at radius 3 is 2.56 bits per heavy atom. The summed E-state index contributed by atoms with van der Waals surface area (Å²) in [6.07, 6.45) is -1.42. The van der Waals surface area contributed by atoms with E-state index in [-0.39, 0.29) is 10.8 Å². The van der Waals surface area contributed by atoms with E-state index in [1.54, 1.807) is 19.2 Å². The van der Waals surface area contributed by atoms with Crippen LogP contribution in [0.15, 0.2) is 30.6 Å². The average Bonchev–Trinajstić information content (AvgIpc) is 2.27. The number of rotatable bonds is 1. The van der Waals surface area contributed by atoms with Crippen LogP contribution in [0.2, 0.25) is 5.15 Å². The van der Waals surface area contributed by atoms with Gasteiger partial charge in [-0.2, -0.15) is 13.2 Å². The minimum Gasteiger partial charge on any atom is -0.264 e. The van der Waals surface area contributed by atoms with Gasteiger partial charge in [0.15, 0.2) is 0 Å². The van der Waals surface area contributed by atoms with Crippen LogP contribution in [-0.4, -0.2) is 9.97 Å². The number of pyridine rings is 2. The molecule has 94 valence electrons. The minimum atomic E-state index is -4.45. The highest BCUT2D eigenvalue weighted by molar-refractivity contribution is 6.29. The molecule has 0 saturated heterocycles. The highest BCUT2D eigenvalue weighted by Crippen LogP contribution is 2.33. The van der Waals surface area contributed by atoms with E-state index < -0.39 is 11.7 Å². The van der Waals surface area contributed by atoms with Gasteiger partial charge in [-0.3, -0.25) is 4.98 Å². The molecule has 0 bridgehead atoms. The van der Waals surface area contributed by atoms with Gasteiger partial charge in [-0.05, 0) is 30.7 Å². The Labute approximate surface area is 106 Å². The second kappa shape index (κ2) is 4.57. The number of hydrogen-bond donors (Lipinski definition) is 0. The van der Waals surface area contributed by atoms with Gasteiger partial charge < -0.3 is 0 Å². The molecule has 0 saturated carbocycles. The first kappa shape index (κ1) is 12.8. The van der Waals surface area contributed by atoms with Crippen molar-refractivity contribution in [1.29, 1.82) is 0 Å². The maximum atomic E-state index is 12.7. The molecule has 0 aliphatic carbocycles. The molecule has 2 nitrogen and oxygen atoms in total. The molecule has 0 fully saturated rings. The van der Waals surface area contributed by atoms with Crippen molar-refractivity contribution < 1.29 is 13.2 Å². The van der Waals surface area contributed by atoms with Crippen molar-refractivity contribution in [2.75, 3.05) is 0 Å². The molecule has 0 spiro atoms. The summed E-state index contributed by atoms with van der Waals surface area (Å²) in [5.41, 5.74) is 0.666. The standard InChI is InChI=1S/C12H8ClF3N2/c1-7-2-3-17-6-9(7)10-4-8(12(14,15)16)5-11(13)18-10/h2-6H,1H3. The predicted molar refractivity (Wildman–Crippen MR) is 62.2 cm³/mol. The van der Waals surface area contributed by atoms with E-state index in [1.165, 1.54) is 6.20 Å². The minimum absolute atomic E-state index is 0.167. The van der Waals surface area contributed by atoms with Crippen LogP contribution in [0.5, 0.6) is 0 Å². The SMILES string of the molecule is Cc1ccncc1-c1cc(C(F)(F)F)cc(Cl)n1. The number of aromatic nitrogens is 2. The van der Waals surface area contributed by atoms with Crippen molar-refractivity contribution in [3.05, 3.63) is 46.9 Å². The van der Waals surface area contributed by atoms with Crippen molar-refractivity contribution in [3.8, 4) is 11.3 Å². The second-order valence-electron chi connectivity index (χ2n) is 3.75. The molecule has 0 aromatic carbocycles. The number of hydrogen-bond acceptors (Lipinski definition) is 2. The Balaban J connectivity index is 2.60. The quantitative estimate of drug-likeness (QED) is 0.730. The Bertz CT molecular complexity index is 582. The van der Waals surface area contributed by atoms with Crippen molar-refractivity contribution in [3.63, 3.8) is 0 Å². The third-order valence-corrected chi connectivity index (χ3v) is 2.63. The smallest absolute Gasteiger partial charge is 0.264 e. The van der Waals surface area contributed by atoms with E-state index in [2.05, 4.69) is 9.97 Å². The fraction of sp³-hybridized carbons (Fsp3) is 0.167. The van der Waals surface area contributed by atoms with Crippen LogP contribution in [0.1, 0.15) is 11.1 Å². The van der Waals surface area contributed by atoms with Gasteiger partial charge in [0.1, 0.15) is 5.15 Å². The molecule has 6 heteroatoms. The molecule has 0 radical (unpaired) electrons. The Morgan fingerprint density at radius 2 is 1.94 bits per heavy atom. The first-order valence-electron chi connectivity index (χ1n) is 5.03. The summed E-state index contributed by atoms with van der Waals surface area (Å²) in [5.74, 6) is 0. The summed E-state index contributed by atoms with van der Waals surface area (Å²) in [6.45, 7) is 1.77. The maximum absolute atomic E-state index is 12.7. The third-order valence-electron chi connectivity index (χ3n) is 2.44. The largest absolute Gasteiger partial charge is 0.416 e. The van der Waals surface area contributed by atoms with Gasteiger partial charge in [0, 0.05) is 18.0 Å². The fourth-order valence-corrected chi connectivity index (χ4v) is 1.74. The zero-order chi connectivity index (χ0) is 13.3. The normalized spacial score (nSPS) is 11.6. The number of aryl methyl sites for hydroxylation is 1. The molecule has 0 aliphatic heterocycles. The van der Waals surface area contributed by atoms with Crippen LogP contribution in [0.25, 0.3) is 11.3 Å². The van der Waals surface area contributed by atoms with E-state index in [1.807, 2.05) is 0 Å². The van der Waals surface area contributed by atoms with Gasteiger partial charge in [-0.25, -0.2) is 4.98 Å². The Morgan fingerprint density at radius 1 is 1.22 bits per heavy atom. The Kier molecular flexibility index (Phi) is 3.26. The lowest BCUT2D eigenvalue weighted by atomic mass is 10.1. The number of halogens is 4. The highest BCUT2D eigenvalue weighted by Gasteiger charge is 2.31. The predicted octanol–water partition coefficient (Wildman–Crippen LogP) is 4.12. The highest BCUT2D eigenvalue weighted by atomic mass is 35.5. The van der Waals surface area contributed by atoms with Gasteiger partial charge in [0.05, 0.1) is 11.3 Å². The van der Waals surface area contributed by atoms with Crippen LogP contribution in [0.4, 0.5) is 13.2 Å². The van der Waals surface area contributed by atoms with Crippen LogP contribution in [-0.2, 0) is 6.18 Å². The molecule has 2 aromatic rings. The number of alkyl halides is 3. The first-order chi connectivity index (χ1) is 8.38. The van der Waals surface area contributed by atoms with E-state index in [0.29, 0.717) is 5.56 Å². The number of nitrogens with zero attached hydrogens (tertiary/aromatic N) is 2. The molecule has 18 heavy (non-hydrogen) atoms. The van der Waals surface area contributed by atoms with E-state index in [0.717, 1.165) is 17.7 Å². The van der Waals surface area contributed by atoms with E-state index in [9.17, 15) is 13.2 Å². The third kappa shape index (κ3) is 2.61. The first-order valence-corrected chi connectivity index (χ1v) is 5.41. The summed E-state index contributed by atoms with van der Waals surface area (Å²) in [4.78, 5) is 7.78. The summed E-state index contributed by atoms with van der Waals surface area (Å²) in [6, 6.07) is 3.47. The molecule has 0 amide bonds. The molecule has 0 atom stereocenters. The molecule has 2 heterocycles. The summed E-state index contributed by atoms with van der Waals surface area (Å²) < 4.78 is 38.0. The van der Waals surface area contributed by atoms with Crippen molar-refractivity contribution >= 4 is 11.6 Å². The molecule has 0 unspecified atom stereocenters. The van der Waals surface area contributed by atoms with Crippen molar-refractivity contribution in [2.45, 2.75) is 13.1 Å². The molecular formula is C12H8ClF3N2. The topological polar surface area (TPSA) is 25.8 Å². The van der Waals surface area contributed by atoms with E-state index >= 15 is 0 Å². The zero-order valence-corrected chi connectivity index (χ0v) is 10.0. The average molecular weight is 273 g/mol. The molecule has 2 rings (SSSR count). The zero-order valence-electron chi connectivity index (χ0n) is 9.29. The van der Waals surface area contributed by atoms with Gasteiger partial charge in [-0.1, -0.05) is 11.6 Å². The van der Waals surface area contributed by atoms with Gasteiger partial charge in [0.2, 0.25) is 0 Å². The van der Waals surface area contributed by atoms with Gasteiger partial charge in [-0.15, -0.1) is 0 Å². The van der Waals surface area contributed by atoms with Crippen molar-refractivity contribution in [2.24, 2.45) is 0 Å². The fourth-order valence-electron chi connectivity index (χ4n) is 1.53. The lowest BCUT2D eigenvalue weighted by molar-refractivity contribution is -0.137. The van der Waals surface area contributed by atoms with Crippen LogP contribution < -0.4 is 0 Å². The molecular weight excluding hydrogens is 265 g/mol.